The average Bonchev–Trinajstić information content (AvgIpc) is 2.77. The van der Waals surface area contributed by atoms with Crippen LogP contribution in [-0.2, 0) is 24.3 Å². The predicted molar refractivity (Wildman–Crippen MR) is 125 cm³/mol. The third kappa shape index (κ3) is 5.85. The van der Waals surface area contributed by atoms with Gasteiger partial charge >= 0.3 is 5.97 Å². The van der Waals surface area contributed by atoms with Crippen molar-refractivity contribution in [2.24, 2.45) is 0 Å². The van der Waals surface area contributed by atoms with Crippen LogP contribution in [-0.4, -0.2) is 63.6 Å². The van der Waals surface area contributed by atoms with E-state index in [1.807, 2.05) is 13.8 Å². The van der Waals surface area contributed by atoms with Gasteiger partial charge in [-0.3, -0.25) is 9.10 Å². The van der Waals surface area contributed by atoms with E-state index < -0.39 is 22.1 Å². The number of ether oxygens (including phenoxy) is 2. The van der Waals surface area contributed by atoms with E-state index in [0.717, 1.165) is 4.31 Å². The Bertz CT molecular complexity index is 1130. The lowest BCUT2D eigenvalue weighted by atomic mass is 10.2. The molecule has 1 heterocycles. The maximum absolute atomic E-state index is 13.1. The van der Waals surface area contributed by atoms with Crippen molar-refractivity contribution in [1.82, 2.24) is 4.90 Å². The SMILES string of the molecule is CC1CN(C(=O)C(C)OC(=O)c2cccc(S(=O)(=O)N(C)c3cccc(Cl)c3)c2)CC(C)O1. The van der Waals surface area contributed by atoms with Crippen LogP contribution in [0.3, 0.4) is 0 Å². The van der Waals surface area contributed by atoms with Gasteiger partial charge in [0.2, 0.25) is 0 Å². The van der Waals surface area contributed by atoms with E-state index in [1.54, 1.807) is 23.1 Å². The number of anilines is 1. The molecule has 3 atom stereocenters. The lowest BCUT2D eigenvalue weighted by Crippen LogP contribution is -2.51. The molecule has 178 valence electrons. The van der Waals surface area contributed by atoms with Gasteiger partial charge in [0.25, 0.3) is 15.9 Å². The summed E-state index contributed by atoms with van der Waals surface area (Å²) in [6.45, 7) is 6.07. The van der Waals surface area contributed by atoms with Gasteiger partial charge in [-0.15, -0.1) is 0 Å². The summed E-state index contributed by atoms with van der Waals surface area (Å²) in [6, 6.07) is 11.9. The fourth-order valence-electron chi connectivity index (χ4n) is 3.65. The van der Waals surface area contributed by atoms with Crippen LogP contribution in [0.5, 0.6) is 0 Å². The molecule has 0 aromatic heterocycles. The van der Waals surface area contributed by atoms with E-state index in [9.17, 15) is 18.0 Å². The summed E-state index contributed by atoms with van der Waals surface area (Å²) >= 11 is 5.98. The minimum Gasteiger partial charge on any atom is -0.449 e. The maximum atomic E-state index is 13.1. The number of hydrogen-bond acceptors (Lipinski definition) is 6. The standard InChI is InChI=1S/C23H27ClN2O6S/c1-15-13-26(14-16(2)31-15)22(27)17(3)32-23(28)18-7-5-10-21(11-18)33(29,30)25(4)20-9-6-8-19(24)12-20/h5-12,15-17H,13-14H2,1-4H3. The molecule has 3 unspecified atom stereocenters. The van der Waals surface area contributed by atoms with E-state index in [4.69, 9.17) is 21.1 Å². The first kappa shape index (κ1) is 25.0. The lowest BCUT2D eigenvalue weighted by molar-refractivity contribution is -0.151. The second kappa shape index (κ2) is 10.1. The van der Waals surface area contributed by atoms with Crippen molar-refractivity contribution in [3.8, 4) is 0 Å². The van der Waals surface area contributed by atoms with Crippen LogP contribution in [0, 0.1) is 0 Å². The topological polar surface area (TPSA) is 93.2 Å². The van der Waals surface area contributed by atoms with Gasteiger partial charge in [-0.05, 0) is 57.2 Å². The van der Waals surface area contributed by atoms with Crippen LogP contribution >= 0.6 is 11.6 Å². The molecule has 0 saturated carbocycles. The van der Waals surface area contributed by atoms with Crippen LogP contribution in [0.15, 0.2) is 53.4 Å². The first-order chi connectivity index (χ1) is 15.5. The van der Waals surface area contributed by atoms with Crippen molar-refractivity contribution in [2.75, 3.05) is 24.4 Å². The molecule has 1 saturated heterocycles. The highest BCUT2D eigenvalue weighted by Crippen LogP contribution is 2.25. The molecule has 33 heavy (non-hydrogen) atoms. The zero-order valence-electron chi connectivity index (χ0n) is 18.9. The highest BCUT2D eigenvalue weighted by Gasteiger charge is 2.31. The van der Waals surface area contributed by atoms with Gasteiger partial charge in [0.1, 0.15) is 0 Å². The Kier molecular flexibility index (Phi) is 7.66. The van der Waals surface area contributed by atoms with E-state index in [1.165, 1.54) is 44.3 Å². The molecule has 8 nitrogen and oxygen atoms in total. The highest BCUT2D eigenvalue weighted by atomic mass is 35.5. The minimum absolute atomic E-state index is 0.0268. The number of esters is 1. The molecule has 1 fully saturated rings. The Balaban J connectivity index is 1.74. The van der Waals surface area contributed by atoms with E-state index >= 15 is 0 Å². The second-order valence-corrected chi connectivity index (χ2v) is 10.4. The zero-order chi connectivity index (χ0) is 24.3. The van der Waals surface area contributed by atoms with Gasteiger partial charge in [0, 0.05) is 25.2 Å². The number of sulfonamides is 1. The van der Waals surface area contributed by atoms with Gasteiger partial charge in [-0.25, -0.2) is 13.2 Å². The number of carbonyl (C=O) groups excluding carboxylic acids is 2. The normalized spacial score (nSPS) is 19.6. The number of benzene rings is 2. The first-order valence-corrected chi connectivity index (χ1v) is 12.3. The largest absolute Gasteiger partial charge is 0.449 e. The fraction of sp³-hybridized carbons (Fsp3) is 0.391. The van der Waals surface area contributed by atoms with Crippen molar-refractivity contribution >= 4 is 39.2 Å². The summed E-state index contributed by atoms with van der Waals surface area (Å²) in [4.78, 5) is 26.9. The Morgan fingerprint density at radius 1 is 1.12 bits per heavy atom. The predicted octanol–water partition coefficient (Wildman–Crippen LogP) is 3.35. The molecule has 10 heteroatoms. The van der Waals surface area contributed by atoms with Crippen molar-refractivity contribution in [2.45, 2.75) is 44.0 Å². The molecule has 0 bridgehead atoms. The van der Waals surface area contributed by atoms with Crippen molar-refractivity contribution in [3.05, 3.63) is 59.1 Å². The van der Waals surface area contributed by atoms with Gasteiger partial charge in [0.05, 0.1) is 28.4 Å². The van der Waals surface area contributed by atoms with Gasteiger partial charge in [-0.1, -0.05) is 23.7 Å². The minimum atomic E-state index is -3.96. The molecule has 2 aromatic carbocycles. The Morgan fingerprint density at radius 3 is 2.39 bits per heavy atom. The molecule has 3 rings (SSSR count). The number of morpholine rings is 1. The molecule has 0 N–H and O–H groups in total. The smallest absolute Gasteiger partial charge is 0.338 e. The molecule has 1 aliphatic heterocycles. The monoisotopic (exact) mass is 494 g/mol. The molecule has 1 aliphatic rings. The summed E-state index contributed by atoms with van der Waals surface area (Å²) in [5.74, 6) is -1.11. The summed E-state index contributed by atoms with van der Waals surface area (Å²) < 4.78 is 38.2. The number of halogens is 1. The van der Waals surface area contributed by atoms with Crippen molar-refractivity contribution < 1.29 is 27.5 Å². The summed E-state index contributed by atoms with van der Waals surface area (Å²) in [5, 5.41) is 0.398. The van der Waals surface area contributed by atoms with Crippen LogP contribution in [0.25, 0.3) is 0 Å². The van der Waals surface area contributed by atoms with Gasteiger partial charge < -0.3 is 14.4 Å². The Labute approximate surface area is 199 Å². The first-order valence-electron chi connectivity index (χ1n) is 10.5. The van der Waals surface area contributed by atoms with Crippen molar-refractivity contribution in [1.29, 1.82) is 0 Å². The third-order valence-corrected chi connectivity index (χ3v) is 7.28. The van der Waals surface area contributed by atoms with E-state index in [2.05, 4.69) is 0 Å². The second-order valence-electron chi connectivity index (χ2n) is 8.03. The van der Waals surface area contributed by atoms with Crippen LogP contribution in [0.1, 0.15) is 31.1 Å². The summed E-state index contributed by atoms with van der Waals surface area (Å²) in [5.41, 5.74) is 0.405. The Morgan fingerprint density at radius 2 is 1.76 bits per heavy atom. The van der Waals surface area contributed by atoms with E-state index in [0.29, 0.717) is 23.8 Å². The Hall–Kier alpha value is -2.62. The van der Waals surface area contributed by atoms with Gasteiger partial charge in [0.15, 0.2) is 6.10 Å². The molecular formula is C23H27ClN2O6S. The number of nitrogens with zero attached hydrogens (tertiary/aromatic N) is 2. The highest BCUT2D eigenvalue weighted by molar-refractivity contribution is 7.92. The number of rotatable bonds is 6. The number of hydrogen-bond donors (Lipinski definition) is 0. The average molecular weight is 495 g/mol. The fourth-order valence-corrected chi connectivity index (χ4v) is 5.06. The van der Waals surface area contributed by atoms with Crippen LogP contribution in [0.4, 0.5) is 5.69 Å². The number of carbonyl (C=O) groups is 2. The zero-order valence-corrected chi connectivity index (χ0v) is 20.5. The van der Waals surface area contributed by atoms with Crippen LogP contribution < -0.4 is 4.31 Å². The molecule has 0 spiro atoms. The lowest BCUT2D eigenvalue weighted by Gasteiger charge is -2.36. The summed E-state index contributed by atoms with van der Waals surface area (Å²) in [6.07, 6.45) is -1.25. The van der Waals surface area contributed by atoms with Gasteiger partial charge in [-0.2, -0.15) is 0 Å². The third-order valence-electron chi connectivity index (χ3n) is 5.26. The van der Waals surface area contributed by atoms with Crippen molar-refractivity contribution in [3.63, 3.8) is 0 Å². The quantitative estimate of drug-likeness (QED) is 0.572. The molecule has 1 amide bonds. The van der Waals surface area contributed by atoms with Crippen LogP contribution in [0.2, 0.25) is 5.02 Å². The number of amides is 1. The summed E-state index contributed by atoms with van der Waals surface area (Å²) in [7, 11) is -2.56. The van der Waals surface area contributed by atoms with E-state index in [-0.39, 0.29) is 28.6 Å². The molecule has 0 aliphatic carbocycles. The molecule has 2 aromatic rings. The molecular weight excluding hydrogens is 468 g/mol. The maximum Gasteiger partial charge on any atom is 0.338 e. The molecule has 0 radical (unpaired) electrons.